The van der Waals surface area contributed by atoms with Crippen LogP contribution in [-0.4, -0.2) is 38.8 Å². The topological polar surface area (TPSA) is 67.9 Å². The Balaban J connectivity index is 1.81. The quantitative estimate of drug-likeness (QED) is 0.331. The average Bonchev–Trinajstić information content (AvgIpc) is 2.62. The monoisotopic (exact) mass is 328 g/mol. The fourth-order valence-corrected chi connectivity index (χ4v) is 2.12. The van der Waals surface area contributed by atoms with Crippen LogP contribution in [0.15, 0.2) is 60.7 Å². The second kappa shape index (κ2) is 9.89. The van der Waals surface area contributed by atoms with E-state index in [0.717, 1.165) is 5.69 Å². The second-order valence-electron chi connectivity index (χ2n) is 4.91. The van der Waals surface area contributed by atoms with Crippen molar-refractivity contribution in [3.05, 3.63) is 60.7 Å². The largest absolute Gasteiger partial charge is 0.513 e. The van der Waals surface area contributed by atoms with Crippen LogP contribution in [0.2, 0.25) is 0 Å². The summed E-state index contributed by atoms with van der Waals surface area (Å²) in [6, 6.07) is 18.5. The van der Waals surface area contributed by atoms with Gasteiger partial charge in [0.05, 0.1) is 6.54 Å². The summed E-state index contributed by atoms with van der Waals surface area (Å²) in [5.74, 6) is 0.442. The van der Waals surface area contributed by atoms with E-state index in [1.54, 1.807) is 24.3 Å². The van der Waals surface area contributed by atoms with Crippen LogP contribution < -0.4 is 15.0 Å². The molecule has 0 fully saturated rings. The molecule has 0 saturated heterocycles. The second-order valence-corrected chi connectivity index (χ2v) is 4.91. The Morgan fingerprint density at radius 3 is 2.33 bits per heavy atom. The lowest BCUT2D eigenvalue weighted by molar-refractivity contribution is -0.109. The van der Waals surface area contributed by atoms with Crippen LogP contribution in [0.25, 0.3) is 0 Å². The molecule has 0 radical (unpaired) electrons. The molecule has 1 amide bonds. The molecule has 6 nitrogen and oxygen atoms in total. The van der Waals surface area contributed by atoms with Crippen LogP contribution in [0.3, 0.4) is 0 Å². The molecule has 0 heterocycles. The zero-order valence-corrected chi connectivity index (χ0v) is 13.3. The number of carbonyl (C=O) groups is 2. The molecule has 6 heteroatoms. The molecule has 24 heavy (non-hydrogen) atoms. The Kier molecular flexibility index (Phi) is 7.14. The van der Waals surface area contributed by atoms with Gasteiger partial charge >= 0.3 is 6.16 Å². The van der Waals surface area contributed by atoms with Crippen molar-refractivity contribution in [1.82, 2.24) is 5.32 Å². The van der Waals surface area contributed by atoms with Crippen LogP contribution >= 0.6 is 0 Å². The predicted octanol–water partition coefficient (Wildman–Crippen LogP) is 2.45. The number of rotatable bonds is 9. The fourth-order valence-electron chi connectivity index (χ4n) is 2.12. The van der Waals surface area contributed by atoms with Gasteiger partial charge in [-0.05, 0) is 24.3 Å². The highest BCUT2D eigenvalue weighted by Crippen LogP contribution is 2.13. The first kappa shape index (κ1) is 17.3. The minimum atomic E-state index is -0.736. The summed E-state index contributed by atoms with van der Waals surface area (Å²) in [5, 5.41) is 2.63. The Bertz CT molecular complexity index is 619. The van der Waals surface area contributed by atoms with Crippen LogP contribution in [0, 0.1) is 0 Å². The van der Waals surface area contributed by atoms with Crippen molar-refractivity contribution in [1.29, 1.82) is 0 Å². The number of nitrogens with one attached hydrogen (secondary N) is 1. The van der Waals surface area contributed by atoms with Gasteiger partial charge in [0.2, 0.25) is 6.41 Å². The van der Waals surface area contributed by atoms with Crippen LogP contribution in [0.4, 0.5) is 10.5 Å². The molecule has 0 bridgehead atoms. The maximum atomic E-state index is 11.7. The van der Waals surface area contributed by atoms with Gasteiger partial charge in [-0.3, -0.25) is 4.79 Å². The molecule has 0 saturated carbocycles. The first-order valence-electron chi connectivity index (χ1n) is 7.66. The lowest BCUT2D eigenvalue weighted by atomic mass is 10.3. The van der Waals surface area contributed by atoms with Gasteiger partial charge in [0.15, 0.2) is 0 Å². The molecule has 0 aliphatic heterocycles. The van der Waals surface area contributed by atoms with Crippen molar-refractivity contribution in [2.24, 2.45) is 0 Å². The van der Waals surface area contributed by atoms with E-state index in [-0.39, 0.29) is 6.61 Å². The molecular formula is C18H20N2O4. The summed E-state index contributed by atoms with van der Waals surface area (Å²) < 4.78 is 10.2. The summed E-state index contributed by atoms with van der Waals surface area (Å²) in [6.07, 6.45) is -0.0723. The van der Waals surface area contributed by atoms with Crippen molar-refractivity contribution >= 4 is 18.3 Å². The third kappa shape index (κ3) is 6.00. The van der Waals surface area contributed by atoms with E-state index in [2.05, 4.69) is 5.32 Å². The maximum Gasteiger partial charge on any atom is 0.513 e. The number of hydrogen-bond donors (Lipinski definition) is 1. The van der Waals surface area contributed by atoms with Gasteiger partial charge in [0.25, 0.3) is 0 Å². The summed E-state index contributed by atoms with van der Waals surface area (Å²) in [6.45, 7) is 1.79. The van der Waals surface area contributed by atoms with E-state index in [4.69, 9.17) is 9.47 Å². The van der Waals surface area contributed by atoms with Crippen molar-refractivity contribution in [2.45, 2.75) is 0 Å². The molecule has 0 spiro atoms. The Hall–Kier alpha value is -3.02. The molecule has 0 aliphatic rings. The molecule has 2 aromatic rings. The normalized spacial score (nSPS) is 9.83. The molecule has 0 atom stereocenters. The van der Waals surface area contributed by atoms with Gasteiger partial charge in [-0.2, -0.15) is 0 Å². The van der Waals surface area contributed by atoms with E-state index >= 15 is 0 Å². The number of para-hydroxylation sites is 2. The highest BCUT2D eigenvalue weighted by molar-refractivity contribution is 5.63. The third-order valence-corrected chi connectivity index (χ3v) is 3.26. The first-order chi connectivity index (χ1) is 11.8. The lowest BCUT2D eigenvalue weighted by Gasteiger charge is -2.24. The number of anilines is 1. The molecule has 0 unspecified atom stereocenters. The van der Waals surface area contributed by atoms with Gasteiger partial charge < -0.3 is 19.7 Å². The molecule has 2 rings (SSSR count). The zero-order valence-electron chi connectivity index (χ0n) is 13.3. The predicted molar refractivity (Wildman–Crippen MR) is 91.1 cm³/mol. The SMILES string of the molecule is O=CNCCN(CCOC(=O)Oc1ccccc1)c1ccccc1. The molecule has 2 aromatic carbocycles. The highest BCUT2D eigenvalue weighted by Gasteiger charge is 2.09. The standard InChI is InChI=1S/C18H20N2O4/c21-15-19-11-12-20(16-7-3-1-4-8-16)13-14-23-18(22)24-17-9-5-2-6-10-17/h1-10,15H,11-14H2,(H,19,21). The first-order valence-corrected chi connectivity index (χ1v) is 7.66. The Labute approximate surface area is 141 Å². The summed E-state index contributed by atoms with van der Waals surface area (Å²) >= 11 is 0. The maximum absolute atomic E-state index is 11.7. The number of ether oxygens (including phenoxy) is 2. The molecule has 1 N–H and O–H groups in total. The number of carbonyl (C=O) groups excluding carboxylic acids is 2. The Morgan fingerprint density at radius 2 is 1.67 bits per heavy atom. The number of amides is 1. The van der Waals surface area contributed by atoms with E-state index in [1.165, 1.54) is 0 Å². The van der Waals surface area contributed by atoms with E-state index in [9.17, 15) is 9.59 Å². The van der Waals surface area contributed by atoms with Crippen LogP contribution in [0.1, 0.15) is 0 Å². The van der Waals surface area contributed by atoms with Crippen molar-refractivity contribution in [2.75, 3.05) is 31.1 Å². The van der Waals surface area contributed by atoms with Crippen molar-refractivity contribution < 1.29 is 19.1 Å². The molecule has 0 aliphatic carbocycles. The van der Waals surface area contributed by atoms with Crippen molar-refractivity contribution in [3.63, 3.8) is 0 Å². The minimum absolute atomic E-state index is 0.182. The summed E-state index contributed by atoms with van der Waals surface area (Å²) in [7, 11) is 0. The number of benzene rings is 2. The van der Waals surface area contributed by atoms with Crippen LogP contribution in [0.5, 0.6) is 5.75 Å². The molecular weight excluding hydrogens is 308 g/mol. The van der Waals surface area contributed by atoms with Gasteiger partial charge in [0, 0.05) is 18.8 Å². The average molecular weight is 328 g/mol. The highest BCUT2D eigenvalue weighted by atomic mass is 16.7. The van der Waals surface area contributed by atoms with Gasteiger partial charge in [0.1, 0.15) is 12.4 Å². The third-order valence-electron chi connectivity index (χ3n) is 3.26. The van der Waals surface area contributed by atoms with Crippen molar-refractivity contribution in [3.8, 4) is 5.75 Å². The molecule has 0 aromatic heterocycles. The smallest absolute Gasteiger partial charge is 0.432 e. The van der Waals surface area contributed by atoms with E-state index in [1.807, 2.05) is 41.3 Å². The lowest BCUT2D eigenvalue weighted by Crippen LogP contribution is -2.34. The summed E-state index contributed by atoms with van der Waals surface area (Å²) in [4.78, 5) is 24.1. The van der Waals surface area contributed by atoms with Gasteiger partial charge in [-0.1, -0.05) is 36.4 Å². The fraction of sp³-hybridized carbons (Fsp3) is 0.222. The Morgan fingerprint density at radius 1 is 1.00 bits per heavy atom. The van der Waals surface area contributed by atoms with Gasteiger partial charge in [-0.25, -0.2) is 4.79 Å². The van der Waals surface area contributed by atoms with Crippen LogP contribution in [-0.2, 0) is 9.53 Å². The molecule has 126 valence electrons. The zero-order chi connectivity index (χ0) is 17.0. The summed E-state index contributed by atoms with van der Waals surface area (Å²) in [5.41, 5.74) is 0.991. The van der Waals surface area contributed by atoms with E-state index in [0.29, 0.717) is 31.8 Å². The minimum Gasteiger partial charge on any atom is -0.432 e. The van der Waals surface area contributed by atoms with Gasteiger partial charge in [-0.15, -0.1) is 0 Å². The number of nitrogens with zero attached hydrogens (tertiary/aromatic N) is 1. The van der Waals surface area contributed by atoms with E-state index < -0.39 is 6.16 Å². The number of hydrogen-bond acceptors (Lipinski definition) is 5.